The van der Waals surface area contributed by atoms with Crippen molar-refractivity contribution in [2.24, 2.45) is 5.92 Å². The minimum atomic E-state index is -3.97. The van der Waals surface area contributed by atoms with Crippen LogP contribution in [0.25, 0.3) is 0 Å². The Morgan fingerprint density at radius 2 is 2.16 bits per heavy atom. The van der Waals surface area contributed by atoms with Crippen LogP contribution in [0.2, 0.25) is 5.02 Å². The SMILES string of the molecule is Cc1cccc(NC(=O)C2CCCN(S(=O)(=O)c3cc4c(cc3Cl)NC(=O)CO4)C2)n1. The van der Waals surface area contributed by atoms with Gasteiger partial charge in [0.2, 0.25) is 15.9 Å². The Hall–Kier alpha value is -2.69. The molecule has 2 aliphatic heterocycles. The average Bonchev–Trinajstić information content (AvgIpc) is 2.73. The van der Waals surface area contributed by atoms with Crippen LogP contribution in [0.4, 0.5) is 11.5 Å². The van der Waals surface area contributed by atoms with Gasteiger partial charge in [-0.15, -0.1) is 0 Å². The third-order valence-corrected chi connectivity index (χ3v) is 7.51. The van der Waals surface area contributed by atoms with Crippen molar-refractivity contribution in [1.29, 1.82) is 0 Å². The van der Waals surface area contributed by atoms with Crippen molar-refractivity contribution in [3.63, 3.8) is 0 Å². The quantitative estimate of drug-likeness (QED) is 0.717. The molecule has 31 heavy (non-hydrogen) atoms. The summed E-state index contributed by atoms with van der Waals surface area (Å²) in [6.07, 6.45) is 1.10. The lowest BCUT2D eigenvalue weighted by molar-refractivity contribution is -0.121. The number of benzene rings is 1. The van der Waals surface area contributed by atoms with Crippen LogP contribution in [-0.4, -0.2) is 49.2 Å². The number of anilines is 2. The Balaban J connectivity index is 1.53. The fourth-order valence-corrected chi connectivity index (χ4v) is 5.68. The number of halogens is 1. The van der Waals surface area contributed by atoms with Crippen LogP contribution in [0, 0.1) is 12.8 Å². The number of hydrogen-bond donors (Lipinski definition) is 2. The molecule has 0 radical (unpaired) electrons. The zero-order valence-electron chi connectivity index (χ0n) is 16.7. The summed E-state index contributed by atoms with van der Waals surface area (Å²) >= 11 is 6.23. The van der Waals surface area contributed by atoms with Crippen molar-refractivity contribution in [2.75, 3.05) is 30.3 Å². The molecule has 2 aliphatic rings. The summed E-state index contributed by atoms with van der Waals surface area (Å²) in [7, 11) is -3.97. The van der Waals surface area contributed by atoms with E-state index in [1.807, 2.05) is 13.0 Å². The molecule has 11 heteroatoms. The molecular formula is C20H21ClN4O5S. The molecule has 1 aromatic heterocycles. The van der Waals surface area contributed by atoms with Gasteiger partial charge in [0.15, 0.2) is 6.61 Å². The Morgan fingerprint density at radius 1 is 1.35 bits per heavy atom. The number of rotatable bonds is 4. The Bertz CT molecular complexity index is 1150. The molecule has 0 spiro atoms. The van der Waals surface area contributed by atoms with Crippen LogP contribution < -0.4 is 15.4 Å². The third kappa shape index (κ3) is 4.51. The molecule has 0 saturated carbocycles. The summed E-state index contributed by atoms with van der Waals surface area (Å²) in [5, 5.41) is 5.33. The van der Waals surface area contributed by atoms with Crippen LogP contribution in [0.5, 0.6) is 5.75 Å². The molecule has 1 aromatic carbocycles. The number of fused-ring (bicyclic) bond motifs is 1. The van der Waals surface area contributed by atoms with Crippen LogP contribution in [0.1, 0.15) is 18.5 Å². The first-order valence-electron chi connectivity index (χ1n) is 9.75. The number of sulfonamides is 1. The Morgan fingerprint density at radius 3 is 2.94 bits per heavy atom. The predicted molar refractivity (Wildman–Crippen MR) is 115 cm³/mol. The van der Waals surface area contributed by atoms with E-state index in [0.29, 0.717) is 24.3 Å². The van der Waals surface area contributed by atoms with Gasteiger partial charge in [-0.05, 0) is 38.0 Å². The number of carbonyl (C=O) groups is 2. The predicted octanol–water partition coefficient (Wildman–Crippen LogP) is 2.41. The van der Waals surface area contributed by atoms with Gasteiger partial charge < -0.3 is 15.4 Å². The fraction of sp³-hybridized carbons (Fsp3) is 0.350. The molecule has 0 bridgehead atoms. The lowest BCUT2D eigenvalue weighted by Gasteiger charge is -2.31. The number of nitrogens with one attached hydrogen (secondary N) is 2. The number of ether oxygens (including phenoxy) is 1. The van der Waals surface area contributed by atoms with Crippen LogP contribution >= 0.6 is 11.6 Å². The van der Waals surface area contributed by atoms with E-state index in [1.165, 1.54) is 16.4 Å². The summed E-state index contributed by atoms with van der Waals surface area (Å²) < 4.78 is 33.2. The van der Waals surface area contributed by atoms with E-state index >= 15 is 0 Å². The zero-order valence-corrected chi connectivity index (χ0v) is 18.3. The molecule has 0 aliphatic carbocycles. The highest BCUT2D eigenvalue weighted by molar-refractivity contribution is 7.89. The van der Waals surface area contributed by atoms with E-state index in [9.17, 15) is 18.0 Å². The Kier molecular flexibility index (Phi) is 5.87. The van der Waals surface area contributed by atoms with E-state index in [4.69, 9.17) is 16.3 Å². The molecule has 1 unspecified atom stereocenters. The van der Waals surface area contributed by atoms with Crippen LogP contribution in [0.3, 0.4) is 0 Å². The maximum absolute atomic E-state index is 13.3. The van der Waals surface area contributed by atoms with Gasteiger partial charge in [-0.25, -0.2) is 13.4 Å². The maximum Gasteiger partial charge on any atom is 0.262 e. The summed E-state index contributed by atoms with van der Waals surface area (Å²) in [5.41, 5.74) is 1.09. The number of aromatic nitrogens is 1. The minimum absolute atomic E-state index is 0.0277. The molecule has 4 rings (SSSR count). The van der Waals surface area contributed by atoms with Gasteiger partial charge in [-0.3, -0.25) is 9.59 Å². The first-order chi connectivity index (χ1) is 14.7. The number of hydrogen-bond acceptors (Lipinski definition) is 6. The van der Waals surface area contributed by atoms with Crippen LogP contribution in [-0.2, 0) is 19.6 Å². The number of nitrogens with zero attached hydrogens (tertiary/aromatic N) is 2. The monoisotopic (exact) mass is 464 g/mol. The molecule has 2 N–H and O–H groups in total. The summed E-state index contributed by atoms with van der Waals surface area (Å²) in [4.78, 5) is 28.3. The second-order valence-corrected chi connectivity index (χ2v) is 9.78. The van der Waals surface area contributed by atoms with Gasteiger partial charge in [-0.2, -0.15) is 4.31 Å². The second-order valence-electron chi connectivity index (χ2n) is 7.47. The molecule has 1 fully saturated rings. The molecule has 164 valence electrons. The number of carbonyl (C=O) groups excluding carboxylic acids is 2. The van der Waals surface area contributed by atoms with Gasteiger partial charge >= 0.3 is 0 Å². The smallest absolute Gasteiger partial charge is 0.262 e. The van der Waals surface area contributed by atoms with Crippen molar-refractivity contribution in [3.05, 3.63) is 41.0 Å². The van der Waals surface area contributed by atoms with Crippen molar-refractivity contribution in [2.45, 2.75) is 24.7 Å². The second kappa shape index (κ2) is 8.45. The highest BCUT2D eigenvalue weighted by Crippen LogP contribution is 2.37. The Labute approximate surface area is 184 Å². The van der Waals surface area contributed by atoms with Gasteiger partial charge in [0, 0.05) is 24.8 Å². The summed E-state index contributed by atoms with van der Waals surface area (Å²) in [5.74, 6) is -0.466. The van der Waals surface area contributed by atoms with E-state index in [2.05, 4.69) is 15.6 Å². The first-order valence-corrected chi connectivity index (χ1v) is 11.6. The fourth-order valence-electron chi connectivity index (χ4n) is 3.63. The van der Waals surface area contributed by atoms with E-state index in [0.717, 1.165) is 5.69 Å². The van der Waals surface area contributed by atoms with E-state index in [-0.39, 0.29) is 47.2 Å². The number of pyridine rings is 1. The van der Waals surface area contributed by atoms with Gasteiger partial charge in [0.25, 0.3) is 5.91 Å². The molecule has 9 nitrogen and oxygen atoms in total. The largest absolute Gasteiger partial charge is 0.482 e. The normalized spacial score (nSPS) is 19.2. The van der Waals surface area contributed by atoms with Crippen molar-refractivity contribution in [1.82, 2.24) is 9.29 Å². The van der Waals surface area contributed by atoms with Gasteiger partial charge in [-0.1, -0.05) is 17.7 Å². The minimum Gasteiger partial charge on any atom is -0.482 e. The zero-order chi connectivity index (χ0) is 22.2. The highest BCUT2D eigenvalue weighted by Gasteiger charge is 2.35. The van der Waals surface area contributed by atoms with Gasteiger partial charge in [0.05, 0.1) is 16.6 Å². The van der Waals surface area contributed by atoms with Crippen LogP contribution in [0.15, 0.2) is 35.2 Å². The van der Waals surface area contributed by atoms with Crippen molar-refractivity contribution < 1.29 is 22.7 Å². The third-order valence-electron chi connectivity index (χ3n) is 5.18. The van der Waals surface area contributed by atoms with Crippen molar-refractivity contribution in [3.8, 4) is 5.75 Å². The average molecular weight is 465 g/mol. The van der Waals surface area contributed by atoms with E-state index in [1.54, 1.807) is 12.1 Å². The highest BCUT2D eigenvalue weighted by atomic mass is 35.5. The molecule has 1 atom stereocenters. The lowest BCUT2D eigenvalue weighted by Crippen LogP contribution is -2.43. The first kappa shape index (κ1) is 21.5. The number of amides is 2. The maximum atomic E-state index is 13.3. The molecule has 3 heterocycles. The topological polar surface area (TPSA) is 118 Å². The molecular weight excluding hydrogens is 444 g/mol. The van der Waals surface area contributed by atoms with Crippen molar-refractivity contribution >= 4 is 44.9 Å². The molecule has 1 saturated heterocycles. The lowest BCUT2D eigenvalue weighted by atomic mass is 9.99. The number of piperidine rings is 1. The molecule has 2 amide bonds. The standard InChI is InChI=1S/C20H21ClN4O5S/c1-12-4-2-6-18(22-12)24-20(27)13-5-3-7-25(10-13)31(28,29)17-9-16-15(8-14(17)21)23-19(26)11-30-16/h2,4,6,8-9,13H,3,5,7,10-11H2,1H3,(H,23,26)(H,22,24,27). The van der Waals surface area contributed by atoms with Gasteiger partial charge in [0.1, 0.15) is 16.5 Å². The molecule has 2 aromatic rings. The summed E-state index contributed by atoms with van der Waals surface area (Å²) in [6, 6.07) is 7.97. The number of aryl methyl sites for hydroxylation is 1. The summed E-state index contributed by atoms with van der Waals surface area (Å²) in [6.45, 7) is 1.93. The van der Waals surface area contributed by atoms with E-state index < -0.39 is 15.9 Å².